The number of benzene rings is 2. The van der Waals surface area contributed by atoms with Crippen LogP contribution >= 0.6 is 0 Å². The highest BCUT2D eigenvalue weighted by atomic mass is 16.5. The molecule has 0 bridgehead atoms. The van der Waals surface area contributed by atoms with Gasteiger partial charge in [-0.05, 0) is 61.0 Å². The molecule has 1 aromatic heterocycles. The van der Waals surface area contributed by atoms with Crippen molar-refractivity contribution in [3.63, 3.8) is 0 Å². The second-order valence-corrected chi connectivity index (χ2v) is 5.75. The second kappa shape index (κ2) is 8.72. The lowest BCUT2D eigenvalue weighted by Crippen LogP contribution is -2.18. The van der Waals surface area contributed by atoms with Gasteiger partial charge in [0, 0.05) is 5.56 Å². The van der Waals surface area contributed by atoms with Gasteiger partial charge in [-0.3, -0.25) is 9.89 Å². The van der Waals surface area contributed by atoms with E-state index in [2.05, 4.69) is 20.7 Å². The number of hydrogen-bond acceptors (Lipinski definition) is 6. The molecule has 0 radical (unpaired) electrons. The molecule has 1 heterocycles. The number of carbonyl (C=O) groups is 1. The molecule has 0 saturated carbocycles. The number of aromatic amines is 1. The molecule has 8 heteroatoms. The molecule has 0 aliphatic heterocycles. The normalized spacial score (nSPS) is 10.8. The highest BCUT2D eigenvalue weighted by Gasteiger charge is 2.10. The summed E-state index contributed by atoms with van der Waals surface area (Å²) >= 11 is 0. The first kappa shape index (κ1) is 19.0. The lowest BCUT2D eigenvalue weighted by atomic mass is 10.1. The van der Waals surface area contributed by atoms with Gasteiger partial charge in [0.2, 0.25) is 0 Å². The van der Waals surface area contributed by atoms with Gasteiger partial charge in [-0.15, -0.1) is 0 Å². The standard InChI is InChI=1S/C20H20N4O4/c1-3-28-19-10-13(4-9-18(19)25)12-21-24-20(26)17-11-16(22-23-17)14-5-7-15(27-2)8-6-14/h4-12,25H,3H2,1-2H3,(H,22,23)(H,24,26)/b21-12+. The summed E-state index contributed by atoms with van der Waals surface area (Å²) in [5.74, 6) is 0.725. The maximum absolute atomic E-state index is 12.2. The van der Waals surface area contributed by atoms with Crippen LogP contribution in [0.4, 0.5) is 0 Å². The Morgan fingerprint density at radius 2 is 2.04 bits per heavy atom. The van der Waals surface area contributed by atoms with E-state index in [1.54, 1.807) is 25.3 Å². The molecule has 0 aliphatic carbocycles. The highest BCUT2D eigenvalue weighted by molar-refractivity contribution is 5.94. The Kier molecular flexibility index (Phi) is 5.91. The monoisotopic (exact) mass is 380 g/mol. The maximum Gasteiger partial charge on any atom is 0.289 e. The Morgan fingerprint density at radius 1 is 1.25 bits per heavy atom. The molecule has 1 amide bonds. The Bertz CT molecular complexity index is 980. The topological polar surface area (TPSA) is 109 Å². The smallest absolute Gasteiger partial charge is 0.289 e. The van der Waals surface area contributed by atoms with Gasteiger partial charge in [0.05, 0.1) is 25.6 Å². The first-order valence-electron chi connectivity index (χ1n) is 8.59. The summed E-state index contributed by atoms with van der Waals surface area (Å²) in [4.78, 5) is 12.2. The van der Waals surface area contributed by atoms with Crippen molar-refractivity contribution in [3.05, 3.63) is 59.8 Å². The summed E-state index contributed by atoms with van der Waals surface area (Å²) < 4.78 is 10.4. The molecule has 2 aromatic carbocycles. The van der Waals surface area contributed by atoms with Crippen molar-refractivity contribution in [2.45, 2.75) is 6.92 Å². The van der Waals surface area contributed by atoms with E-state index in [1.165, 1.54) is 12.3 Å². The molecule has 0 aliphatic rings. The summed E-state index contributed by atoms with van der Waals surface area (Å²) in [5.41, 5.74) is 4.87. The number of nitrogens with one attached hydrogen (secondary N) is 2. The average Bonchev–Trinajstić information content (AvgIpc) is 3.21. The van der Waals surface area contributed by atoms with E-state index in [0.717, 1.165) is 11.3 Å². The van der Waals surface area contributed by atoms with Crippen LogP contribution in [0.5, 0.6) is 17.2 Å². The number of methoxy groups -OCH3 is 1. The number of amides is 1. The molecule has 0 saturated heterocycles. The third-order valence-electron chi connectivity index (χ3n) is 3.87. The minimum absolute atomic E-state index is 0.0477. The molecule has 8 nitrogen and oxygen atoms in total. The molecule has 144 valence electrons. The first-order valence-corrected chi connectivity index (χ1v) is 8.59. The van der Waals surface area contributed by atoms with Crippen molar-refractivity contribution in [2.75, 3.05) is 13.7 Å². The zero-order valence-corrected chi connectivity index (χ0v) is 15.5. The number of ether oxygens (including phenoxy) is 2. The van der Waals surface area contributed by atoms with E-state index in [-0.39, 0.29) is 11.4 Å². The van der Waals surface area contributed by atoms with Crippen molar-refractivity contribution in [3.8, 4) is 28.5 Å². The predicted molar refractivity (Wildman–Crippen MR) is 105 cm³/mol. The number of rotatable bonds is 7. The number of H-pyrrole nitrogens is 1. The summed E-state index contributed by atoms with van der Waals surface area (Å²) in [5, 5.41) is 20.5. The predicted octanol–water partition coefficient (Wildman–Crippen LogP) is 2.95. The van der Waals surface area contributed by atoms with E-state index in [0.29, 0.717) is 23.6 Å². The summed E-state index contributed by atoms with van der Waals surface area (Å²) in [7, 11) is 1.60. The molecule has 0 unspecified atom stereocenters. The third-order valence-corrected chi connectivity index (χ3v) is 3.87. The van der Waals surface area contributed by atoms with Crippen molar-refractivity contribution in [2.24, 2.45) is 5.10 Å². The quantitative estimate of drug-likeness (QED) is 0.431. The molecule has 0 atom stereocenters. The number of phenols is 1. The van der Waals surface area contributed by atoms with E-state index >= 15 is 0 Å². The zero-order chi connectivity index (χ0) is 19.9. The van der Waals surface area contributed by atoms with Crippen LogP contribution in [0, 0.1) is 0 Å². The fourth-order valence-electron chi connectivity index (χ4n) is 2.46. The van der Waals surface area contributed by atoms with Crippen molar-refractivity contribution < 1.29 is 19.4 Å². The first-order chi connectivity index (χ1) is 13.6. The maximum atomic E-state index is 12.2. The van der Waals surface area contributed by atoms with Gasteiger partial charge in [0.15, 0.2) is 11.5 Å². The molecule has 0 spiro atoms. The summed E-state index contributed by atoms with van der Waals surface area (Å²) in [6, 6.07) is 13.8. The fraction of sp³-hybridized carbons (Fsp3) is 0.150. The van der Waals surface area contributed by atoms with E-state index in [4.69, 9.17) is 9.47 Å². The fourth-order valence-corrected chi connectivity index (χ4v) is 2.46. The van der Waals surface area contributed by atoms with Crippen LogP contribution in [0.15, 0.2) is 53.6 Å². The molecular formula is C20H20N4O4. The highest BCUT2D eigenvalue weighted by Crippen LogP contribution is 2.26. The number of carbonyl (C=O) groups excluding carboxylic acids is 1. The van der Waals surface area contributed by atoms with Gasteiger partial charge >= 0.3 is 0 Å². The Labute approximate surface area is 161 Å². The lowest BCUT2D eigenvalue weighted by Gasteiger charge is -2.05. The van der Waals surface area contributed by atoms with Gasteiger partial charge in [-0.1, -0.05) is 0 Å². The average molecular weight is 380 g/mol. The van der Waals surface area contributed by atoms with E-state index < -0.39 is 5.91 Å². The SMILES string of the molecule is CCOc1cc(/C=N/NC(=O)c2cc(-c3ccc(OC)cc3)n[nH]2)ccc1O. The Hall–Kier alpha value is -3.81. The molecule has 0 fully saturated rings. The Morgan fingerprint density at radius 3 is 2.75 bits per heavy atom. The largest absolute Gasteiger partial charge is 0.504 e. The van der Waals surface area contributed by atoms with Crippen LogP contribution in [0.2, 0.25) is 0 Å². The van der Waals surface area contributed by atoms with Crippen molar-refractivity contribution in [1.29, 1.82) is 0 Å². The minimum atomic E-state index is -0.424. The van der Waals surface area contributed by atoms with Crippen molar-refractivity contribution in [1.82, 2.24) is 15.6 Å². The van der Waals surface area contributed by atoms with Gasteiger partial charge in [0.25, 0.3) is 5.91 Å². The molecule has 28 heavy (non-hydrogen) atoms. The third kappa shape index (κ3) is 4.47. The summed E-state index contributed by atoms with van der Waals surface area (Å²) in [6.07, 6.45) is 1.46. The van der Waals surface area contributed by atoms with Gasteiger partial charge < -0.3 is 14.6 Å². The van der Waals surface area contributed by atoms with Crippen LogP contribution in [0.25, 0.3) is 11.3 Å². The zero-order valence-electron chi connectivity index (χ0n) is 15.5. The lowest BCUT2D eigenvalue weighted by molar-refractivity contribution is 0.0950. The number of aromatic hydroxyl groups is 1. The van der Waals surface area contributed by atoms with Gasteiger partial charge in [-0.25, -0.2) is 5.43 Å². The molecular weight excluding hydrogens is 360 g/mol. The number of hydrazone groups is 1. The van der Waals surface area contributed by atoms with E-state index in [1.807, 2.05) is 31.2 Å². The Balaban J connectivity index is 1.64. The van der Waals surface area contributed by atoms with Crippen LogP contribution in [0.3, 0.4) is 0 Å². The van der Waals surface area contributed by atoms with Crippen LogP contribution in [-0.4, -0.2) is 41.1 Å². The van der Waals surface area contributed by atoms with E-state index in [9.17, 15) is 9.90 Å². The molecule has 3 rings (SSSR count). The summed E-state index contributed by atoms with van der Waals surface area (Å²) in [6.45, 7) is 2.26. The number of nitrogens with zero attached hydrogens (tertiary/aromatic N) is 2. The van der Waals surface area contributed by atoms with Crippen LogP contribution in [-0.2, 0) is 0 Å². The second-order valence-electron chi connectivity index (χ2n) is 5.75. The van der Waals surface area contributed by atoms with Crippen LogP contribution < -0.4 is 14.9 Å². The molecule has 3 aromatic rings. The number of phenolic OH excluding ortho intramolecular Hbond substituents is 1. The van der Waals surface area contributed by atoms with Crippen molar-refractivity contribution >= 4 is 12.1 Å². The number of hydrogen-bond donors (Lipinski definition) is 3. The van der Waals surface area contributed by atoms with Gasteiger partial charge in [-0.2, -0.15) is 10.2 Å². The molecule has 3 N–H and O–H groups in total. The van der Waals surface area contributed by atoms with Gasteiger partial charge in [0.1, 0.15) is 11.4 Å². The number of aromatic nitrogens is 2. The minimum Gasteiger partial charge on any atom is -0.504 e. The van der Waals surface area contributed by atoms with Crippen LogP contribution in [0.1, 0.15) is 23.0 Å².